The second kappa shape index (κ2) is 3.44. The number of hydrogen-bond acceptors (Lipinski definition) is 1. The van der Waals surface area contributed by atoms with Crippen LogP contribution in [0.15, 0.2) is 26.3 Å². The Bertz CT molecular complexity index is 398. The summed E-state index contributed by atoms with van der Waals surface area (Å²) in [5, 5.41) is 0. The molecule has 0 aliphatic heterocycles. The SMILES string of the molecule is C=CC1(C)CC1(Br)c1cc(Br)sc1Br. The van der Waals surface area contributed by atoms with Gasteiger partial charge in [0.2, 0.25) is 0 Å². The average molecular weight is 401 g/mol. The molecule has 1 saturated carbocycles. The fourth-order valence-electron chi connectivity index (χ4n) is 1.71. The van der Waals surface area contributed by atoms with Crippen molar-refractivity contribution < 1.29 is 0 Å². The van der Waals surface area contributed by atoms with E-state index < -0.39 is 0 Å². The molecule has 0 aromatic carbocycles. The van der Waals surface area contributed by atoms with Gasteiger partial charge in [0.1, 0.15) is 0 Å². The lowest BCUT2D eigenvalue weighted by Crippen LogP contribution is -2.05. The van der Waals surface area contributed by atoms with Crippen LogP contribution in [0.5, 0.6) is 0 Å². The first kappa shape index (κ1) is 11.4. The summed E-state index contributed by atoms with van der Waals surface area (Å²) in [5.74, 6) is 0. The lowest BCUT2D eigenvalue weighted by Gasteiger charge is -2.12. The number of thiophene rings is 1. The zero-order chi connectivity index (χ0) is 10.6. The summed E-state index contributed by atoms with van der Waals surface area (Å²) in [6.45, 7) is 6.13. The van der Waals surface area contributed by atoms with Gasteiger partial charge in [0.25, 0.3) is 0 Å². The summed E-state index contributed by atoms with van der Waals surface area (Å²) in [5.41, 5.74) is 1.52. The highest BCUT2D eigenvalue weighted by Gasteiger charge is 2.63. The Morgan fingerprint density at radius 3 is 2.57 bits per heavy atom. The quantitative estimate of drug-likeness (QED) is 0.456. The van der Waals surface area contributed by atoms with Crippen molar-refractivity contribution in [1.29, 1.82) is 0 Å². The molecule has 1 aromatic rings. The molecule has 2 rings (SSSR count). The van der Waals surface area contributed by atoms with Crippen molar-refractivity contribution in [1.82, 2.24) is 0 Å². The molecule has 14 heavy (non-hydrogen) atoms. The van der Waals surface area contributed by atoms with Crippen LogP contribution < -0.4 is 0 Å². The van der Waals surface area contributed by atoms with Crippen LogP contribution in [0.4, 0.5) is 0 Å². The summed E-state index contributed by atoms with van der Waals surface area (Å²) in [4.78, 5) is 0. The predicted octanol–water partition coefficient (Wildman–Crippen LogP) is 5.46. The number of hydrogen-bond donors (Lipinski definition) is 0. The Labute approximate surface area is 113 Å². The molecule has 0 amide bonds. The van der Waals surface area contributed by atoms with Crippen molar-refractivity contribution in [3.8, 4) is 0 Å². The van der Waals surface area contributed by atoms with Gasteiger partial charge in [-0.05, 0) is 49.9 Å². The van der Waals surface area contributed by atoms with Crippen LogP contribution in [-0.4, -0.2) is 0 Å². The van der Waals surface area contributed by atoms with Crippen LogP contribution in [0, 0.1) is 5.41 Å². The van der Waals surface area contributed by atoms with Gasteiger partial charge in [0, 0.05) is 5.41 Å². The van der Waals surface area contributed by atoms with E-state index in [0.717, 1.165) is 10.2 Å². The van der Waals surface area contributed by atoms with E-state index >= 15 is 0 Å². The molecule has 1 aromatic heterocycles. The topological polar surface area (TPSA) is 0 Å². The smallest absolute Gasteiger partial charge is 0.0757 e. The fourth-order valence-corrected chi connectivity index (χ4v) is 6.20. The maximum atomic E-state index is 3.90. The molecular formula is C10H9Br3S. The van der Waals surface area contributed by atoms with Gasteiger partial charge in [-0.2, -0.15) is 0 Å². The van der Waals surface area contributed by atoms with E-state index in [4.69, 9.17) is 0 Å². The fraction of sp³-hybridized carbons (Fsp3) is 0.400. The maximum absolute atomic E-state index is 3.90. The van der Waals surface area contributed by atoms with E-state index in [2.05, 4.69) is 67.4 Å². The summed E-state index contributed by atoms with van der Waals surface area (Å²) < 4.78 is 2.45. The summed E-state index contributed by atoms with van der Waals surface area (Å²) in [6.07, 6.45) is 3.16. The van der Waals surface area contributed by atoms with Crippen molar-refractivity contribution >= 4 is 59.1 Å². The third kappa shape index (κ3) is 1.49. The molecule has 0 spiro atoms. The van der Waals surface area contributed by atoms with Crippen LogP contribution in [0.1, 0.15) is 18.9 Å². The standard InChI is InChI=1S/C10H9Br3S/c1-3-9(2)5-10(9,13)6-4-7(11)14-8(6)12/h3-4H,1,5H2,2H3. The van der Waals surface area contributed by atoms with Gasteiger partial charge in [-0.1, -0.05) is 28.9 Å². The number of allylic oxidation sites excluding steroid dienone is 1. The first-order chi connectivity index (χ1) is 6.43. The Hall–Kier alpha value is 0.880. The number of halogens is 3. The minimum atomic E-state index is 0.0864. The van der Waals surface area contributed by atoms with Crippen molar-refractivity contribution in [2.75, 3.05) is 0 Å². The lowest BCUT2D eigenvalue weighted by molar-refractivity contribution is 0.691. The van der Waals surface area contributed by atoms with Gasteiger partial charge < -0.3 is 0 Å². The molecule has 0 nitrogen and oxygen atoms in total. The van der Waals surface area contributed by atoms with Crippen LogP contribution in [0.3, 0.4) is 0 Å². The molecule has 1 aliphatic rings. The largest absolute Gasteiger partial charge is 0.121 e. The summed E-state index contributed by atoms with van der Waals surface area (Å²) in [6, 6.07) is 2.18. The Kier molecular flexibility index (Phi) is 2.79. The van der Waals surface area contributed by atoms with E-state index in [1.54, 1.807) is 11.3 Å². The normalized spacial score (nSPS) is 35.7. The molecule has 1 aliphatic carbocycles. The number of alkyl halides is 1. The molecule has 0 radical (unpaired) electrons. The van der Waals surface area contributed by atoms with Crippen molar-refractivity contribution in [2.45, 2.75) is 17.7 Å². The predicted molar refractivity (Wildman–Crippen MR) is 73.2 cm³/mol. The Morgan fingerprint density at radius 1 is 1.57 bits per heavy atom. The second-order valence-electron chi connectivity index (χ2n) is 3.84. The van der Waals surface area contributed by atoms with Crippen molar-refractivity contribution in [3.05, 3.63) is 31.9 Å². The highest BCUT2D eigenvalue weighted by molar-refractivity contribution is 9.12. The van der Waals surface area contributed by atoms with Crippen LogP contribution >= 0.6 is 59.1 Å². The van der Waals surface area contributed by atoms with E-state index in [9.17, 15) is 0 Å². The Morgan fingerprint density at radius 2 is 2.21 bits per heavy atom. The average Bonchev–Trinajstić information content (AvgIpc) is 2.47. The van der Waals surface area contributed by atoms with Gasteiger partial charge >= 0.3 is 0 Å². The zero-order valence-electron chi connectivity index (χ0n) is 7.61. The minimum absolute atomic E-state index is 0.0864. The highest BCUT2D eigenvalue weighted by atomic mass is 79.9. The van der Waals surface area contributed by atoms with Gasteiger partial charge in [0.05, 0.1) is 11.9 Å². The molecule has 2 unspecified atom stereocenters. The molecule has 0 bridgehead atoms. The molecule has 1 heterocycles. The summed E-state index contributed by atoms with van der Waals surface area (Å²) in [7, 11) is 0. The van der Waals surface area contributed by atoms with E-state index in [-0.39, 0.29) is 9.74 Å². The molecule has 0 N–H and O–H groups in total. The third-order valence-corrected chi connectivity index (χ3v) is 6.88. The van der Waals surface area contributed by atoms with Gasteiger partial charge in [-0.3, -0.25) is 0 Å². The highest BCUT2D eigenvalue weighted by Crippen LogP contribution is 2.71. The van der Waals surface area contributed by atoms with Gasteiger partial charge in [-0.25, -0.2) is 0 Å². The van der Waals surface area contributed by atoms with Crippen molar-refractivity contribution in [3.63, 3.8) is 0 Å². The first-order valence-electron chi connectivity index (χ1n) is 4.21. The first-order valence-corrected chi connectivity index (χ1v) is 7.40. The molecule has 2 atom stereocenters. The Balaban J connectivity index is 2.43. The third-order valence-electron chi connectivity index (χ3n) is 2.93. The minimum Gasteiger partial charge on any atom is -0.121 e. The van der Waals surface area contributed by atoms with E-state index in [1.807, 2.05) is 6.08 Å². The van der Waals surface area contributed by atoms with E-state index in [0.29, 0.717) is 0 Å². The van der Waals surface area contributed by atoms with E-state index in [1.165, 1.54) is 9.35 Å². The molecule has 76 valence electrons. The van der Waals surface area contributed by atoms with Crippen LogP contribution in [-0.2, 0) is 4.32 Å². The number of rotatable bonds is 2. The summed E-state index contributed by atoms with van der Waals surface area (Å²) >= 11 is 12.6. The van der Waals surface area contributed by atoms with Crippen molar-refractivity contribution in [2.24, 2.45) is 5.41 Å². The second-order valence-corrected chi connectivity index (χ2v) is 8.94. The van der Waals surface area contributed by atoms with Crippen LogP contribution in [0.25, 0.3) is 0 Å². The lowest BCUT2D eigenvalue weighted by atomic mass is 10.0. The van der Waals surface area contributed by atoms with Gasteiger partial charge in [0.15, 0.2) is 0 Å². The monoisotopic (exact) mass is 398 g/mol. The maximum Gasteiger partial charge on any atom is 0.0757 e. The van der Waals surface area contributed by atoms with Crippen LogP contribution in [0.2, 0.25) is 0 Å². The zero-order valence-corrected chi connectivity index (χ0v) is 13.2. The van der Waals surface area contributed by atoms with Gasteiger partial charge in [-0.15, -0.1) is 17.9 Å². The molecule has 0 saturated heterocycles. The molecule has 1 fully saturated rings. The molecular weight excluding hydrogens is 392 g/mol. The molecule has 4 heteroatoms.